The predicted molar refractivity (Wildman–Crippen MR) is 91.9 cm³/mol. The molecule has 0 atom stereocenters. The second kappa shape index (κ2) is 7.44. The van der Waals surface area contributed by atoms with Crippen molar-refractivity contribution in [3.05, 3.63) is 48.0 Å². The summed E-state index contributed by atoms with van der Waals surface area (Å²) in [4.78, 5) is 11.9. The molecule has 1 amide bonds. The van der Waals surface area contributed by atoms with Crippen LogP contribution in [-0.4, -0.2) is 11.9 Å². The third-order valence-electron chi connectivity index (χ3n) is 4.65. The fourth-order valence-corrected chi connectivity index (χ4v) is 3.38. The van der Waals surface area contributed by atoms with Crippen molar-refractivity contribution < 1.29 is 4.79 Å². The molecule has 22 heavy (non-hydrogen) atoms. The van der Waals surface area contributed by atoms with Crippen molar-refractivity contribution in [1.29, 1.82) is 0 Å². The number of hydrogen-bond acceptors (Lipinski definition) is 1. The Bertz CT molecular complexity index is 628. The fraction of sp³-hybridized carbons (Fsp3) is 0.450. The highest BCUT2D eigenvalue weighted by molar-refractivity contribution is 5.83. The van der Waals surface area contributed by atoms with Crippen LogP contribution < -0.4 is 5.32 Å². The van der Waals surface area contributed by atoms with Crippen molar-refractivity contribution in [3.63, 3.8) is 0 Å². The molecular weight excluding hydrogens is 270 g/mol. The van der Waals surface area contributed by atoms with Crippen LogP contribution in [0.5, 0.6) is 0 Å². The zero-order valence-electron chi connectivity index (χ0n) is 13.2. The molecule has 1 N–H and O–H groups in total. The van der Waals surface area contributed by atoms with Crippen molar-refractivity contribution in [2.24, 2.45) is 0 Å². The first-order chi connectivity index (χ1) is 10.8. The molecule has 1 saturated carbocycles. The second-order valence-electron chi connectivity index (χ2n) is 6.44. The van der Waals surface area contributed by atoms with Gasteiger partial charge in [-0.1, -0.05) is 55.3 Å². The van der Waals surface area contributed by atoms with Gasteiger partial charge in [0.05, 0.1) is 0 Å². The molecule has 3 rings (SSSR count). The van der Waals surface area contributed by atoms with Gasteiger partial charge in [-0.25, -0.2) is 0 Å². The lowest BCUT2D eigenvalue weighted by molar-refractivity contribution is -0.121. The van der Waals surface area contributed by atoms with Crippen LogP contribution in [0, 0.1) is 0 Å². The molecule has 2 heteroatoms. The maximum absolute atomic E-state index is 11.9. The Morgan fingerprint density at radius 3 is 2.59 bits per heavy atom. The van der Waals surface area contributed by atoms with Crippen LogP contribution in [0.25, 0.3) is 10.8 Å². The number of nitrogens with one attached hydrogen (secondary N) is 1. The molecule has 0 heterocycles. The smallest absolute Gasteiger partial charge is 0.220 e. The topological polar surface area (TPSA) is 29.1 Å². The van der Waals surface area contributed by atoms with Gasteiger partial charge in [0.25, 0.3) is 0 Å². The molecule has 0 aromatic heterocycles. The van der Waals surface area contributed by atoms with Crippen LogP contribution in [-0.2, 0) is 11.2 Å². The quantitative estimate of drug-likeness (QED) is 0.775. The summed E-state index contributed by atoms with van der Waals surface area (Å²) in [6, 6.07) is 15.6. The summed E-state index contributed by atoms with van der Waals surface area (Å²) >= 11 is 0. The monoisotopic (exact) mass is 295 g/mol. The first-order valence-electron chi connectivity index (χ1n) is 8.58. The summed E-state index contributed by atoms with van der Waals surface area (Å²) in [5.41, 5.74) is 1.37. The lowest BCUT2D eigenvalue weighted by Crippen LogP contribution is -2.32. The van der Waals surface area contributed by atoms with Crippen molar-refractivity contribution in [3.8, 4) is 0 Å². The second-order valence-corrected chi connectivity index (χ2v) is 6.44. The van der Waals surface area contributed by atoms with E-state index in [0.29, 0.717) is 12.5 Å². The third kappa shape index (κ3) is 4.09. The molecule has 116 valence electrons. The van der Waals surface area contributed by atoms with Gasteiger partial charge in [0.15, 0.2) is 0 Å². The van der Waals surface area contributed by atoms with Gasteiger partial charge in [-0.3, -0.25) is 4.79 Å². The number of unbranched alkanes of at least 4 members (excludes halogenated alkanes) is 1. The van der Waals surface area contributed by atoms with Gasteiger partial charge in [-0.05, 0) is 48.4 Å². The van der Waals surface area contributed by atoms with E-state index in [2.05, 4.69) is 47.8 Å². The summed E-state index contributed by atoms with van der Waals surface area (Å²) in [5.74, 6) is 0.241. The molecule has 1 aliphatic carbocycles. The van der Waals surface area contributed by atoms with Gasteiger partial charge in [-0.2, -0.15) is 0 Å². The van der Waals surface area contributed by atoms with Gasteiger partial charge in [0.2, 0.25) is 5.91 Å². The highest BCUT2D eigenvalue weighted by Gasteiger charge is 2.16. The average molecular weight is 295 g/mol. The molecule has 0 aliphatic heterocycles. The molecule has 0 saturated heterocycles. The van der Waals surface area contributed by atoms with E-state index in [-0.39, 0.29) is 5.91 Å². The van der Waals surface area contributed by atoms with E-state index in [1.54, 1.807) is 0 Å². The molecule has 0 unspecified atom stereocenters. The third-order valence-corrected chi connectivity index (χ3v) is 4.65. The van der Waals surface area contributed by atoms with Crippen LogP contribution in [0.4, 0.5) is 0 Å². The van der Waals surface area contributed by atoms with Gasteiger partial charge >= 0.3 is 0 Å². The molecule has 0 bridgehead atoms. The number of fused-ring (bicyclic) bond motifs is 1. The minimum atomic E-state index is 0.241. The SMILES string of the molecule is O=C(CCCCc1ccc2ccccc2c1)NC1CCCC1. The molecule has 2 nitrogen and oxygen atoms in total. The normalized spacial score (nSPS) is 15.3. The van der Waals surface area contributed by atoms with Gasteiger partial charge in [0.1, 0.15) is 0 Å². The largest absolute Gasteiger partial charge is 0.353 e. The lowest BCUT2D eigenvalue weighted by atomic mass is 10.0. The summed E-state index contributed by atoms with van der Waals surface area (Å²) in [7, 11) is 0. The first-order valence-corrected chi connectivity index (χ1v) is 8.58. The average Bonchev–Trinajstić information content (AvgIpc) is 3.04. The van der Waals surface area contributed by atoms with Crippen molar-refractivity contribution in [2.75, 3.05) is 0 Å². The highest BCUT2D eigenvalue weighted by atomic mass is 16.1. The predicted octanol–water partition coefficient (Wildman–Crippen LogP) is 4.61. The zero-order chi connectivity index (χ0) is 15.2. The maximum Gasteiger partial charge on any atom is 0.220 e. The van der Waals surface area contributed by atoms with E-state index in [4.69, 9.17) is 0 Å². The molecule has 0 spiro atoms. The lowest BCUT2D eigenvalue weighted by Gasteiger charge is -2.11. The Labute approximate surface area is 132 Å². The number of hydrogen-bond donors (Lipinski definition) is 1. The van der Waals surface area contributed by atoms with Crippen molar-refractivity contribution in [2.45, 2.75) is 57.4 Å². The number of benzene rings is 2. The Kier molecular flexibility index (Phi) is 5.10. The van der Waals surface area contributed by atoms with Gasteiger partial charge in [-0.15, -0.1) is 0 Å². The number of aryl methyl sites for hydroxylation is 1. The van der Waals surface area contributed by atoms with E-state index in [1.807, 2.05) is 0 Å². The standard InChI is InChI=1S/C20H25NO/c22-20(21-19-10-4-5-11-19)12-6-1-7-16-13-14-17-8-2-3-9-18(17)15-16/h2-3,8-9,13-15,19H,1,4-7,10-12H2,(H,21,22). The molecule has 2 aromatic carbocycles. The van der Waals surface area contributed by atoms with E-state index in [0.717, 1.165) is 19.3 Å². The fourth-order valence-electron chi connectivity index (χ4n) is 3.38. The number of carbonyl (C=O) groups excluding carboxylic acids is 1. The van der Waals surface area contributed by atoms with Gasteiger partial charge < -0.3 is 5.32 Å². The van der Waals surface area contributed by atoms with Crippen LogP contribution in [0.1, 0.15) is 50.5 Å². The summed E-state index contributed by atoms with van der Waals surface area (Å²) in [6.07, 6.45) is 8.67. The Balaban J connectivity index is 1.41. The van der Waals surface area contributed by atoms with Crippen molar-refractivity contribution in [1.82, 2.24) is 5.32 Å². The summed E-state index contributed by atoms with van der Waals surface area (Å²) in [5, 5.41) is 5.76. The van der Waals surface area contributed by atoms with E-state index in [1.165, 1.54) is 42.0 Å². The molecule has 1 aliphatic rings. The zero-order valence-corrected chi connectivity index (χ0v) is 13.2. The van der Waals surface area contributed by atoms with Crippen LogP contribution >= 0.6 is 0 Å². The highest BCUT2D eigenvalue weighted by Crippen LogP contribution is 2.19. The van der Waals surface area contributed by atoms with Crippen LogP contribution in [0.3, 0.4) is 0 Å². The Morgan fingerprint density at radius 1 is 1.00 bits per heavy atom. The van der Waals surface area contributed by atoms with E-state index >= 15 is 0 Å². The van der Waals surface area contributed by atoms with E-state index < -0.39 is 0 Å². The molecule has 2 aromatic rings. The maximum atomic E-state index is 11.9. The Morgan fingerprint density at radius 2 is 1.77 bits per heavy atom. The van der Waals surface area contributed by atoms with E-state index in [9.17, 15) is 4.79 Å². The number of rotatable bonds is 6. The molecular formula is C20H25NO. The van der Waals surface area contributed by atoms with Crippen molar-refractivity contribution >= 4 is 16.7 Å². The summed E-state index contributed by atoms with van der Waals surface area (Å²) in [6.45, 7) is 0. The molecule has 1 fully saturated rings. The first kappa shape index (κ1) is 15.1. The number of carbonyl (C=O) groups is 1. The minimum Gasteiger partial charge on any atom is -0.353 e. The molecule has 0 radical (unpaired) electrons. The minimum absolute atomic E-state index is 0.241. The van der Waals surface area contributed by atoms with Crippen LogP contribution in [0.2, 0.25) is 0 Å². The summed E-state index contributed by atoms with van der Waals surface area (Å²) < 4.78 is 0. The van der Waals surface area contributed by atoms with Gasteiger partial charge in [0, 0.05) is 12.5 Å². The van der Waals surface area contributed by atoms with Crippen LogP contribution in [0.15, 0.2) is 42.5 Å². The Hall–Kier alpha value is -1.83. The number of amides is 1.